The second-order valence-corrected chi connectivity index (χ2v) is 5.90. The van der Waals surface area contributed by atoms with Gasteiger partial charge in [-0.15, -0.1) is 0 Å². The molecule has 0 bridgehead atoms. The number of hydrogen-bond acceptors (Lipinski definition) is 6. The van der Waals surface area contributed by atoms with E-state index in [9.17, 15) is 0 Å². The summed E-state index contributed by atoms with van der Waals surface area (Å²) in [6.45, 7) is 9.18. The van der Waals surface area contributed by atoms with E-state index >= 15 is 0 Å². The van der Waals surface area contributed by atoms with Gasteiger partial charge in [-0.2, -0.15) is 4.98 Å². The first-order chi connectivity index (χ1) is 9.95. The molecule has 6 nitrogen and oxygen atoms in total. The Morgan fingerprint density at radius 2 is 2.14 bits per heavy atom. The zero-order valence-electron chi connectivity index (χ0n) is 13.0. The molecule has 6 heteroatoms. The van der Waals surface area contributed by atoms with Crippen LogP contribution in [0.2, 0.25) is 0 Å². The highest BCUT2D eigenvalue weighted by Crippen LogP contribution is 2.35. The van der Waals surface area contributed by atoms with E-state index in [1.54, 1.807) is 6.20 Å². The molecule has 0 saturated carbocycles. The van der Waals surface area contributed by atoms with Crippen molar-refractivity contribution in [2.45, 2.75) is 40.3 Å². The average molecular weight is 290 g/mol. The van der Waals surface area contributed by atoms with Crippen LogP contribution < -0.4 is 5.73 Å². The van der Waals surface area contributed by atoms with Crippen LogP contribution in [0.25, 0.3) is 11.5 Å². The summed E-state index contributed by atoms with van der Waals surface area (Å²) in [6, 6.07) is 3.67. The summed E-state index contributed by atoms with van der Waals surface area (Å²) in [5.41, 5.74) is 7.08. The molecule has 2 N–H and O–H groups in total. The van der Waals surface area contributed by atoms with Crippen molar-refractivity contribution in [3.05, 3.63) is 29.8 Å². The smallest absolute Gasteiger partial charge is 0.258 e. The van der Waals surface area contributed by atoms with Gasteiger partial charge in [-0.3, -0.25) is 4.98 Å². The molecule has 2 aromatic heterocycles. The van der Waals surface area contributed by atoms with Gasteiger partial charge >= 0.3 is 0 Å². The third-order valence-electron chi connectivity index (χ3n) is 3.07. The predicted molar refractivity (Wildman–Crippen MR) is 79.2 cm³/mol. The third-order valence-corrected chi connectivity index (χ3v) is 3.07. The SMILES string of the molecule is CCOC(c1noc(-c2ccnc(CN)c2)n1)C(C)(C)C. The summed E-state index contributed by atoms with van der Waals surface area (Å²) in [5, 5.41) is 4.07. The van der Waals surface area contributed by atoms with E-state index in [0.717, 1.165) is 11.3 Å². The monoisotopic (exact) mass is 290 g/mol. The van der Waals surface area contributed by atoms with Crippen LogP contribution in [0, 0.1) is 5.41 Å². The van der Waals surface area contributed by atoms with Crippen molar-refractivity contribution in [2.24, 2.45) is 11.1 Å². The second kappa shape index (κ2) is 6.32. The third kappa shape index (κ3) is 3.65. The van der Waals surface area contributed by atoms with Crippen molar-refractivity contribution in [2.75, 3.05) is 6.61 Å². The highest BCUT2D eigenvalue weighted by molar-refractivity contribution is 5.52. The van der Waals surface area contributed by atoms with Gasteiger partial charge in [-0.1, -0.05) is 25.9 Å². The number of pyridine rings is 1. The van der Waals surface area contributed by atoms with Crippen molar-refractivity contribution >= 4 is 0 Å². The van der Waals surface area contributed by atoms with Crippen molar-refractivity contribution in [1.29, 1.82) is 0 Å². The lowest BCUT2D eigenvalue weighted by atomic mass is 9.88. The maximum absolute atomic E-state index is 5.77. The summed E-state index contributed by atoms with van der Waals surface area (Å²) in [5.74, 6) is 1.02. The zero-order chi connectivity index (χ0) is 15.5. The lowest BCUT2D eigenvalue weighted by Gasteiger charge is -2.27. The molecule has 1 atom stereocenters. The standard InChI is InChI=1S/C15H22N4O2/c1-5-20-12(15(2,3)4)13-18-14(21-19-13)10-6-7-17-11(8-10)9-16/h6-8,12H,5,9,16H2,1-4H3. The quantitative estimate of drug-likeness (QED) is 0.911. The maximum atomic E-state index is 5.77. The van der Waals surface area contributed by atoms with Crippen molar-refractivity contribution < 1.29 is 9.26 Å². The topological polar surface area (TPSA) is 87.1 Å². The molecule has 0 spiro atoms. The Morgan fingerprint density at radius 1 is 1.38 bits per heavy atom. The molecule has 0 aromatic carbocycles. The Balaban J connectivity index is 2.31. The van der Waals surface area contributed by atoms with E-state index in [-0.39, 0.29) is 11.5 Å². The molecule has 2 rings (SSSR count). The Hall–Kier alpha value is -1.79. The molecule has 114 valence electrons. The molecule has 0 radical (unpaired) electrons. The number of hydrogen-bond donors (Lipinski definition) is 1. The molecule has 0 amide bonds. The molecule has 2 aromatic rings. The number of aromatic nitrogens is 3. The second-order valence-electron chi connectivity index (χ2n) is 5.90. The normalized spacial score (nSPS) is 13.4. The van der Waals surface area contributed by atoms with E-state index in [1.807, 2.05) is 19.1 Å². The largest absolute Gasteiger partial charge is 0.370 e. The van der Waals surface area contributed by atoms with Gasteiger partial charge in [-0.25, -0.2) is 0 Å². The Bertz CT molecular complexity index is 589. The number of nitrogens with zero attached hydrogens (tertiary/aromatic N) is 3. The summed E-state index contributed by atoms with van der Waals surface area (Å²) < 4.78 is 11.1. The Morgan fingerprint density at radius 3 is 2.76 bits per heavy atom. The van der Waals surface area contributed by atoms with Gasteiger partial charge in [0.1, 0.15) is 6.10 Å². The van der Waals surface area contributed by atoms with Crippen LogP contribution in [0.4, 0.5) is 0 Å². The number of rotatable bonds is 5. The van der Waals surface area contributed by atoms with E-state index in [1.165, 1.54) is 0 Å². The van der Waals surface area contributed by atoms with Crippen LogP contribution in [0.15, 0.2) is 22.9 Å². The molecule has 2 heterocycles. The fraction of sp³-hybridized carbons (Fsp3) is 0.533. The Labute approximate surface area is 124 Å². The van der Waals surface area contributed by atoms with Crippen LogP contribution in [0.1, 0.15) is 45.3 Å². The highest BCUT2D eigenvalue weighted by Gasteiger charge is 2.31. The molecular formula is C15H22N4O2. The van der Waals surface area contributed by atoms with Gasteiger partial charge < -0.3 is 15.0 Å². The average Bonchev–Trinajstić information content (AvgIpc) is 2.93. The lowest BCUT2D eigenvalue weighted by molar-refractivity contribution is -0.0203. The lowest BCUT2D eigenvalue weighted by Crippen LogP contribution is -2.22. The molecule has 21 heavy (non-hydrogen) atoms. The van der Waals surface area contributed by atoms with Crippen LogP contribution >= 0.6 is 0 Å². The Kier molecular flexibility index (Phi) is 4.69. The van der Waals surface area contributed by atoms with Gasteiger partial charge in [0.15, 0.2) is 0 Å². The molecule has 0 fully saturated rings. The minimum Gasteiger partial charge on any atom is -0.370 e. The molecule has 0 aliphatic carbocycles. The molecular weight excluding hydrogens is 268 g/mol. The van der Waals surface area contributed by atoms with E-state index in [4.69, 9.17) is 15.0 Å². The minimum atomic E-state index is -0.212. The fourth-order valence-electron chi connectivity index (χ4n) is 2.06. The summed E-state index contributed by atoms with van der Waals surface area (Å²) in [4.78, 5) is 8.62. The first kappa shape index (κ1) is 15.6. The van der Waals surface area contributed by atoms with Gasteiger partial charge in [0.2, 0.25) is 5.82 Å². The van der Waals surface area contributed by atoms with Crippen LogP contribution in [0.3, 0.4) is 0 Å². The fourth-order valence-corrected chi connectivity index (χ4v) is 2.06. The number of nitrogens with two attached hydrogens (primary N) is 1. The maximum Gasteiger partial charge on any atom is 0.258 e. The predicted octanol–water partition coefficient (Wildman–Crippen LogP) is 2.71. The summed E-state index contributed by atoms with van der Waals surface area (Å²) >= 11 is 0. The van der Waals surface area contributed by atoms with Crippen LogP contribution in [-0.2, 0) is 11.3 Å². The molecule has 1 unspecified atom stereocenters. The van der Waals surface area contributed by atoms with Crippen molar-refractivity contribution in [3.8, 4) is 11.5 Å². The first-order valence-corrected chi connectivity index (χ1v) is 7.06. The van der Waals surface area contributed by atoms with E-state index in [0.29, 0.717) is 24.9 Å². The summed E-state index contributed by atoms with van der Waals surface area (Å²) in [7, 11) is 0. The van der Waals surface area contributed by atoms with Crippen molar-refractivity contribution in [1.82, 2.24) is 15.1 Å². The summed E-state index contributed by atoms with van der Waals surface area (Å²) in [6.07, 6.45) is 1.47. The van der Waals surface area contributed by atoms with Gasteiger partial charge in [0, 0.05) is 24.9 Å². The van der Waals surface area contributed by atoms with Gasteiger partial charge in [0.05, 0.1) is 5.69 Å². The molecule has 0 saturated heterocycles. The number of ether oxygens (including phenoxy) is 1. The minimum absolute atomic E-state index is 0.113. The van der Waals surface area contributed by atoms with Crippen molar-refractivity contribution in [3.63, 3.8) is 0 Å². The molecule has 0 aliphatic rings. The van der Waals surface area contributed by atoms with Gasteiger partial charge in [-0.05, 0) is 24.5 Å². The zero-order valence-corrected chi connectivity index (χ0v) is 13.0. The first-order valence-electron chi connectivity index (χ1n) is 7.06. The van der Waals surface area contributed by atoms with Crippen LogP contribution in [-0.4, -0.2) is 21.7 Å². The van der Waals surface area contributed by atoms with Crippen LogP contribution in [0.5, 0.6) is 0 Å². The highest BCUT2D eigenvalue weighted by atomic mass is 16.5. The van der Waals surface area contributed by atoms with E-state index in [2.05, 4.69) is 35.9 Å². The van der Waals surface area contributed by atoms with Gasteiger partial charge in [0.25, 0.3) is 5.89 Å². The molecule has 0 aliphatic heterocycles. The van der Waals surface area contributed by atoms with E-state index < -0.39 is 0 Å².